The normalized spacial score (nSPS) is 13.1. The first-order chi connectivity index (χ1) is 5.11. The predicted molar refractivity (Wildman–Crippen MR) is 51.7 cm³/mol. The average molecular weight is 265 g/mol. The van der Waals surface area contributed by atoms with Gasteiger partial charge in [-0.2, -0.15) is 0 Å². The third-order valence-electron chi connectivity index (χ3n) is 1.45. The summed E-state index contributed by atoms with van der Waals surface area (Å²) >= 11 is 2.15. The number of nitrogens with two attached hydrogens (primary N) is 1. The van der Waals surface area contributed by atoms with Gasteiger partial charge < -0.3 is 5.73 Å². The van der Waals surface area contributed by atoms with E-state index in [1.165, 1.54) is 12.1 Å². The van der Waals surface area contributed by atoms with Gasteiger partial charge in [0.05, 0.1) is 0 Å². The molecular weight excluding hydrogens is 256 g/mol. The lowest BCUT2D eigenvalue weighted by Gasteiger charge is -2.07. The molecule has 1 rings (SSSR count). The smallest absolute Gasteiger partial charge is 0.123 e. The minimum Gasteiger partial charge on any atom is -0.324 e. The van der Waals surface area contributed by atoms with Gasteiger partial charge in [-0.05, 0) is 53.3 Å². The predicted octanol–water partition coefficient (Wildman–Crippen LogP) is 2.45. The molecule has 1 nitrogen and oxygen atoms in total. The molecule has 0 amide bonds. The highest BCUT2D eigenvalue weighted by molar-refractivity contribution is 14.1. The summed E-state index contributed by atoms with van der Waals surface area (Å²) < 4.78 is 13.7. The molecule has 0 aliphatic carbocycles. The largest absolute Gasteiger partial charge is 0.324 e. The molecule has 0 unspecified atom stereocenters. The van der Waals surface area contributed by atoms with Crippen molar-refractivity contribution in [3.63, 3.8) is 0 Å². The van der Waals surface area contributed by atoms with E-state index in [-0.39, 0.29) is 11.9 Å². The van der Waals surface area contributed by atoms with E-state index in [0.717, 1.165) is 9.13 Å². The number of rotatable bonds is 1. The maximum Gasteiger partial charge on any atom is 0.123 e. The molecule has 1 aromatic carbocycles. The molecule has 0 aromatic heterocycles. The summed E-state index contributed by atoms with van der Waals surface area (Å²) in [5, 5.41) is 0. The highest BCUT2D eigenvalue weighted by Gasteiger charge is 2.04. The molecule has 0 bridgehead atoms. The molecule has 0 spiro atoms. The van der Waals surface area contributed by atoms with Gasteiger partial charge in [-0.15, -0.1) is 0 Å². The van der Waals surface area contributed by atoms with E-state index in [1.54, 1.807) is 6.07 Å². The third kappa shape index (κ3) is 2.13. The molecule has 1 atom stereocenters. The summed E-state index contributed by atoms with van der Waals surface area (Å²) in [5.41, 5.74) is 6.48. The van der Waals surface area contributed by atoms with Crippen LogP contribution >= 0.6 is 22.6 Å². The van der Waals surface area contributed by atoms with Gasteiger partial charge >= 0.3 is 0 Å². The summed E-state index contributed by atoms with van der Waals surface area (Å²) in [6, 6.07) is 4.55. The molecule has 1 aromatic rings. The highest BCUT2D eigenvalue weighted by atomic mass is 127. The van der Waals surface area contributed by atoms with Crippen LogP contribution < -0.4 is 5.73 Å². The van der Waals surface area contributed by atoms with Gasteiger partial charge in [0, 0.05) is 9.61 Å². The molecule has 11 heavy (non-hydrogen) atoms. The monoisotopic (exact) mass is 265 g/mol. The highest BCUT2D eigenvalue weighted by Crippen LogP contribution is 2.18. The third-order valence-corrected chi connectivity index (χ3v) is 2.43. The lowest BCUT2D eigenvalue weighted by Crippen LogP contribution is -2.07. The second-order valence-corrected chi connectivity index (χ2v) is 3.62. The number of benzene rings is 1. The first-order valence-corrected chi connectivity index (χ1v) is 4.39. The van der Waals surface area contributed by atoms with Gasteiger partial charge in [0.15, 0.2) is 0 Å². The summed E-state index contributed by atoms with van der Waals surface area (Å²) in [6.07, 6.45) is 0. The quantitative estimate of drug-likeness (QED) is 0.775. The Morgan fingerprint density at radius 1 is 1.55 bits per heavy atom. The van der Waals surface area contributed by atoms with E-state index in [0.29, 0.717) is 0 Å². The van der Waals surface area contributed by atoms with E-state index < -0.39 is 0 Å². The number of halogens is 2. The van der Waals surface area contributed by atoms with Crippen molar-refractivity contribution >= 4 is 22.6 Å². The zero-order valence-corrected chi connectivity index (χ0v) is 8.30. The molecule has 3 heteroatoms. The Labute approximate surface area is 78.9 Å². The SMILES string of the molecule is C[C@H](N)c1cc(F)ccc1I. The van der Waals surface area contributed by atoms with Gasteiger partial charge in [-0.1, -0.05) is 0 Å². The van der Waals surface area contributed by atoms with E-state index in [4.69, 9.17) is 5.73 Å². The van der Waals surface area contributed by atoms with E-state index >= 15 is 0 Å². The van der Waals surface area contributed by atoms with Crippen LogP contribution in [0.15, 0.2) is 18.2 Å². The van der Waals surface area contributed by atoms with E-state index in [2.05, 4.69) is 22.6 Å². The number of hydrogen-bond acceptors (Lipinski definition) is 1. The molecule has 0 aliphatic rings. The first-order valence-electron chi connectivity index (χ1n) is 3.32. The molecule has 0 saturated heterocycles. The minimum atomic E-state index is -0.224. The fraction of sp³-hybridized carbons (Fsp3) is 0.250. The molecule has 0 radical (unpaired) electrons. The molecular formula is C8H9FIN. The van der Waals surface area contributed by atoms with E-state index in [1.807, 2.05) is 6.92 Å². The van der Waals surface area contributed by atoms with Crippen LogP contribution in [0, 0.1) is 9.39 Å². The minimum absolute atomic E-state index is 0.0994. The van der Waals surface area contributed by atoms with Crippen LogP contribution in [0.25, 0.3) is 0 Å². The van der Waals surface area contributed by atoms with Crippen molar-refractivity contribution in [2.75, 3.05) is 0 Å². The Kier molecular flexibility index (Phi) is 2.84. The first kappa shape index (κ1) is 8.93. The molecule has 60 valence electrons. The second-order valence-electron chi connectivity index (χ2n) is 2.45. The van der Waals surface area contributed by atoms with Crippen LogP contribution in [0.4, 0.5) is 4.39 Å². The fourth-order valence-corrected chi connectivity index (χ4v) is 1.69. The zero-order valence-electron chi connectivity index (χ0n) is 6.14. The van der Waals surface area contributed by atoms with Crippen molar-refractivity contribution in [2.45, 2.75) is 13.0 Å². The zero-order chi connectivity index (χ0) is 8.43. The van der Waals surface area contributed by atoms with Crippen LogP contribution in [0.1, 0.15) is 18.5 Å². The average Bonchev–Trinajstić information content (AvgIpc) is 1.94. The van der Waals surface area contributed by atoms with Crippen LogP contribution in [0.3, 0.4) is 0 Å². The molecule has 0 saturated carbocycles. The Bertz CT molecular complexity index is 260. The molecule has 0 heterocycles. The van der Waals surface area contributed by atoms with Crippen molar-refractivity contribution in [2.24, 2.45) is 5.73 Å². The summed E-state index contributed by atoms with van der Waals surface area (Å²) in [5.74, 6) is -0.224. The van der Waals surface area contributed by atoms with E-state index in [9.17, 15) is 4.39 Å². The van der Waals surface area contributed by atoms with Crippen LogP contribution in [0.2, 0.25) is 0 Å². The van der Waals surface area contributed by atoms with Gasteiger partial charge in [0.25, 0.3) is 0 Å². The topological polar surface area (TPSA) is 26.0 Å². The maximum absolute atomic E-state index is 12.6. The molecule has 0 fully saturated rings. The maximum atomic E-state index is 12.6. The number of hydrogen-bond donors (Lipinski definition) is 1. The summed E-state index contributed by atoms with van der Waals surface area (Å²) in [6.45, 7) is 1.84. The van der Waals surface area contributed by atoms with Gasteiger partial charge in [0.1, 0.15) is 5.82 Å². The fourth-order valence-electron chi connectivity index (χ4n) is 0.864. The summed E-state index contributed by atoms with van der Waals surface area (Å²) in [4.78, 5) is 0. The van der Waals surface area contributed by atoms with Gasteiger partial charge in [0.2, 0.25) is 0 Å². The molecule has 2 N–H and O–H groups in total. The van der Waals surface area contributed by atoms with Crippen molar-refractivity contribution in [1.82, 2.24) is 0 Å². The lowest BCUT2D eigenvalue weighted by molar-refractivity contribution is 0.621. The van der Waals surface area contributed by atoms with Gasteiger partial charge in [-0.3, -0.25) is 0 Å². The Hall–Kier alpha value is -0.160. The van der Waals surface area contributed by atoms with Crippen molar-refractivity contribution in [3.05, 3.63) is 33.1 Å². The second kappa shape index (κ2) is 3.49. The van der Waals surface area contributed by atoms with Crippen LogP contribution in [-0.2, 0) is 0 Å². The Morgan fingerprint density at radius 2 is 2.18 bits per heavy atom. The summed E-state index contributed by atoms with van der Waals surface area (Å²) in [7, 11) is 0. The standard InChI is InChI=1S/C8H9FIN/c1-5(11)7-4-6(9)2-3-8(7)10/h2-5H,11H2,1H3/t5-/m0/s1. The lowest BCUT2D eigenvalue weighted by atomic mass is 10.1. The van der Waals surface area contributed by atoms with Gasteiger partial charge in [-0.25, -0.2) is 4.39 Å². The van der Waals surface area contributed by atoms with Crippen molar-refractivity contribution in [1.29, 1.82) is 0 Å². The van der Waals surface area contributed by atoms with Crippen molar-refractivity contribution < 1.29 is 4.39 Å². The van der Waals surface area contributed by atoms with Crippen molar-refractivity contribution in [3.8, 4) is 0 Å². The van der Waals surface area contributed by atoms with Crippen LogP contribution in [-0.4, -0.2) is 0 Å². The van der Waals surface area contributed by atoms with Crippen LogP contribution in [0.5, 0.6) is 0 Å². The Balaban J connectivity index is 3.13. The Morgan fingerprint density at radius 3 is 2.64 bits per heavy atom. The molecule has 0 aliphatic heterocycles.